The molecule has 0 bridgehead atoms. The van der Waals surface area contributed by atoms with Crippen molar-refractivity contribution in [3.8, 4) is 17.0 Å². The zero-order valence-electron chi connectivity index (χ0n) is 15.5. The van der Waals surface area contributed by atoms with Gasteiger partial charge >= 0.3 is 0 Å². The van der Waals surface area contributed by atoms with Crippen molar-refractivity contribution in [2.75, 3.05) is 4.90 Å². The molecule has 5 rings (SSSR count). The summed E-state index contributed by atoms with van der Waals surface area (Å²) in [4.78, 5) is 15.1. The van der Waals surface area contributed by atoms with E-state index < -0.39 is 6.04 Å². The van der Waals surface area contributed by atoms with E-state index in [9.17, 15) is 9.90 Å². The van der Waals surface area contributed by atoms with Crippen LogP contribution < -0.4 is 4.90 Å². The number of aromatic nitrogens is 2. The fourth-order valence-electron chi connectivity index (χ4n) is 3.85. The summed E-state index contributed by atoms with van der Waals surface area (Å²) in [7, 11) is 0. The number of nitrogens with one attached hydrogen (secondary N) is 1. The molecule has 1 aliphatic rings. The lowest BCUT2D eigenvalue weighted by Gasteiger charge is -2.26. The minimum atomic E-state index is -0.446. The van der Waals surface area contributed by atoms with Gasteiger partial charge in [0.25, 0.3) is 5.91 Å². The Bertz CT molecular complexity index is 1250. The molecular weight excluding hydrogens is 466 g/mol. The number of fused-ring (bicyclic) bond motifs is 1. The molecule has 2 N–H and O–H groups in total. The lowest BCUT2D eigenvalue weighted by atomic mass is 9.95. The van der Waals surface area contributed by atoms with Gasteiger partial charge in [-0.2, -0.15) is 5.10 Å². The summed E-state index contributed by atoms with van der Waals surface area (Å²) >= 11 is 9.51. The number of nitrogens with zero attached hydrogens (tertiary/aromatic N) is 2. The highest BCUT2D eigenvalue weighted by molar-refractivity contribution is 9.10. The van der Waals surface area contributed by atoms with Crippen LogP contribution in [0.1, 0.15) is 27.7 Å². The molecule has 1 atom stereocenters. The number of halogens is 2. The van der Waals surface area contributed by atoms with E-state index in [4.69, 9.17) is 11.6 Å². The third-order valence-electron chi connectivity index (χ3n) is 5.18. The van der Waals surface area contributed by atoms with Gasteiger partial charge in [-0.25, -0.2) is 0 Å². The van der Waals surface area contributed by atoms with E-state index in [1.54, 1.807) is 35.2 Å². The monoisotopic (exact) mass is 479 g/mol. The topological polar surface area (TPSA) is 69.2 Å². The number of hydrogen-bond donors (Lipinski definition) is 2. The number of hydrogen-bond acceptors (Lipinski definition) is 3. The smallest absolute Gasteiger partial charge is 0.277 e. The fourth-order valence-corrected chi connectivity index (χ4v) is 4.24. The third-order valence-corrected chi connectivity index (χ3v) is 5.96. The number of aromatic amines is 1. The van der Waals surface area contributed by atoms with E-state index in [1.807, 2.05) is 42.5 Å². The van der Waals surface area contributed by atoms with Crippen molar-refractivity contribution in [1.82, 2.24) is 10.2 Å². The van der Waals surface area contributed by atoms with Gasteiger partial charge < -0.3 is 5.11 Å². The molecule has 0 radical (unpaired) electrons. The average molecular weight is 481 g/mol. The molecule has 2 heterocycles. The predicted octanol–water partition coefficient (Wildman–Crippen LogP) is 5.95. The highest BCUT2D eigenvalue weighted by Crippen LogP contribution is 2.45. The number of benzene rings is 3. The first-order valence-electron chi connectivity index (χ1n) is 9.25. The van der Waals surface area contributed by atoms with Crippen LogP contribution in [0, 0.1) is 0 Å². The van der Waals surface area contributed by atoms with E-state index in [-0.39, 0.29) is 11.7 Å². The number of amides is 1. The van der Waals surface area contributed by atoms with E-state index in [2.05, 4.69) is 26.1 Å². The Morgan fingerprint density at radius 1 is 1.03 bits per heavy atom. The molecule has 30 heavy (non-hydrogen) atoms. The standard InChI is InChI=1S/C23H15BrClN3O2/c24-15-6-4-13(5-7-15)20-19-21(27-26-20)23(30)28(17-10-8-16(25)9-11-17)22(19)14-2-1-3-18(29)12-14/h1-12,22,29H,(H,26,27)/t22-/m0/s1. The van der Waals surface area contributed by atoms with Crippen LogP contribution in [0.2, 0.25) is 5.02 Å². The molecule has 0 spiro atoms. The van der Waals surface area contributed by atoms with Gasteiger partial charge in [0.15, 0.2) is 0 Å². The number of rotatable bonds is 3. The third kappa shape index (κ3) is 3.09. The highest BCUT2D eigenvalue weighted by Gasteiger charge is 2.43. The lowest BCUT2D eigenvalue weighted by Crippen LogP contribution is -2.29. The molecule has 4 aromatic rings. The maximum absolute atomic E-state index is 13.4. The van der Waals surface area contributed by atoms with Gasteiger partial charge in [0.05, 0.1) is 11.7 Å². The van der Waals surface area contributed by atoms with Crippen LogP contribution in [-0.2, 0) is 0 Å². The van der Waals surface area contributed by atoms with Crippen molar-refractivity contribution in [3.05, 3.63) is 99.1 Å². The van der Waals surface area contributed by atoms with Crippen molar-refractivity contribution >= 4 is 39.1 Å². The van der Waals surface area contributed by atoms with Gasteiger partial charge in [-0.05, 0) is 54.1 Å². The maximum atomic E-state index is 13.4. The van der Waals surface area contributed by atoms with Gasteiger partial charge in [0.2, 0.25) is 0 Å². The van der Waals surface area contributed by atoms with Crippen molar-refractivity contribution in [2.45, 2.75) is 6.04 Å². The molecule has 0 aliphatic carbocycles. The normalized spacial score (nSPS) is 15.5. The molecular formula is C23H15BrClN3O2. The Morgan fingerprint density at radius 3 is 2.47 bits per heavy atom. The number of carbonyl (C=O) groups excluding carboxylic acids is 1. The summed E-state index contributed by atoms with van der Waals surface area (Å²) in [6.07, 6.45) is 0. The number of carbonyl (C=O) groups is 1. The quantitative estimate of drug-likeness (QED) is 0.381. The van der Waals surface area contributed by atoms with Gasteiger partial charge in [-0.1, -0.05) is 51.8 Å². The molecule has 0 saturated carbocycles. The number of aromatic hydroxyl groups is 1. The number of phenols is 1. The molecule has 1 aromatic heterocycles. The summed E-state index contributed by atoms with van der Waals surface area (Å²) in [5, 5.41) is 18.1. The second kappa shape index (κ2) is 7.31. The summed E-state index contributed by atoms with van der Waals surface area (Å²) in [5.41, 5.74) is 4.32. The summed E-state index contributed by atoms with van der Waals surface area (Å²) in [5.74, 6) is -0.0466. The molecule has 0 saturated heterocycles. The van der Waals surface area contributed by atoms with E-state index in [1.165, 1.54) is 0 Å². The minimum Gasteiger partial charge on any atom is -0.508 e. The van der Waals surface area contributed by atoms with Crippen molar-refractivity contribution < 1.29 is 9.90 Å². The van der Waals surface area contributed by atoms with Gasteiger partial charge in [-0.3, -0.25) is 14.8 Å². The molecule has 1 aliphatic heterocycles. The first-order valence-corrected chi connectivity index (χ1v) is 10.4. The molecule has 0 unspecified atom stereocenters. The molecule has 7 heteroatoms. The Morgan fingerprint density at radius 2 is 1.77 bits per heavy atom. The molecule has 1 amide bonds. The zero-order chi connectivity index (χ0) is 20.8. The second-order valence-corrected chi connectivity index (χ2v) is 8.37. The van der Waals surface area contributed by atoms with Crippen LogP contribution in [0.4, 0.5) is 5.69 Å². The Kier molecular flexibility index (Phi) is 4.60. The molecule has 0 fully saturated rings. The summed E-state index contributed by atoms with van der Waals surface area (Å²) in [6.45, 7) is 0. The van der Waals surface area contributed by atoms with Crippen LogP contribution in [0.3, 0.4) is 0 Å². The molecule has 148 valence electrons. The van der Waals surface area contributed by atoms with Crippen LogP contribution in [0.25, 0.3) is 11.3 Å². The summed E-state index contributed by atoms with van der Waals surface area (Å²) in [6, 6.07) is 21.4. The number of anilines is 1. The minimum absolute atomic E-state index is 0.137. The number of H-pyrrole nitrogens is 1. The maximum Gasteiger partial charge on any atom is 0.277 e. The zero-order valence-corrected chi connectivity index (χ0v) is 17.9. The van der Waals surface area contributed by atoms with Crippen LogP contribution >= 0.6 is 27.5 Å². The van der Waals surface area contributed by atoms with Gasteiger partial charge in [0.1, 0.15) is 11.4 Å². The SMILES string of the molecule is O=C1c2[nH]nc(-c3ccc(Br)cc3)c2[C@H](c2cccc(O)c2)N1c1ccc(Cl)cc1. The average Bonchev–Trinajstić information content (AvgIpc) is 3.28. The fraction of sp³-hybridized carbons (Fsp3) is 0.0435. The Labute approximate surface area is 186 Å². The van der Waals surface area contributed by atoms with Gasteiger partial charge in [-0.15, -0.1) is 0 Å². The molecule has 3 aromatic carbocycles. The van der Waals surface area contributed by atoms with E-state index in [0.717, 1.165) is 21.2 Å². The van der Waals surface area contributed by atoms with Crippen molar-refractivity contribution in [2.24, 2.45) is 0 Å². The first kappa shape index (κ1) is 18.9. The van der Waals surface area contributed by atoms with E-state index >= 15 is 0 Å². The second-order valence-electron chi connectivity index (χ2n) is 7.02. The molecule has 5 nitrogen and oxygen atoms in total. The van der Waals surface area contributed by atoms with Gasteiger partial charge in [0, 0.05) is 26.3 Å². The first-order chi connectivity index (χ1) is 14.5. The van der Waals surface area contributed by atoms with Crippen LogP contribution in [0.15, 0.2) is 77.3 Å². The van der Waals surface area contributed by atoms with Crippen LogP contribution in [-0.4, -0.2) is 21.2 Å². The van der Waals surface area contributed by atoms with Crippen molar-refractivity contribution in [1.29, 1.82) is 0 Å². The van der Waals surface area contributed by atoms with E-state index in [0.29, 0.717) is 22.1 Å². The Hall–Kier alpha value is -3.09. The Balaban J connectivity index is 1.72. The number of phenolic OH excluding ortho intramolecular Hbond substituents is 1. The lowest BCUT2D eigenvalue weighted by molar-refractivity contribution is 0.0988. The largest absolute Gasteiger partial charge is 0.508 e. The van der Waals surface area contributed by atoms with Crippen LogP contribution in [0.5, 0.6) is 5.75 Å². The summed E-state index contributed by atoms with van der Waals surface area (Å²) < 4.78 is 0.960. The highest BCUT2D eigenvalue weighted by atomic mass is 79.9. The predicted molar refractivity (Wildman–Crippen MR) is 120 cm³/mol. The van der Waals surface area contributed by atoms with Crippen molar-refractivity contribution in [3.63, 3.8) is 0 Å².